The highest BCUT2D eigenvalue weighted by Crippen LogP contribution is 2.26. The summed E-state index contributed by atoms with van der Waals surface area (Å²) in [6.45, 7) is 5.85. The third-order valence-electron chi connectivity index (χ3n) is 6.41. The number of nitrogens with zero attached hydrogens (tertiary/aromatic N) is 2. The molecular weight excluding hydrogens is 422 g/mol. The molecule has 2 aromatic rings. The number of rotatable bonds is 7. The zero-order valence-corrected chi connectivity index (χ0v) is 19.5. The SMILES string of the molecule is Cc1oc(-c2ccccc2)nc1CCC1COC(C)(C(=O)NCC(=O)N2CCCCC2)OC1. The molecule has 1 aromatic heterocycles. The molecule has 0 saturated carbocycles. The van der Waals surface area contributed by atoms with Crippen LogP contribution >= 0.6 is 0 Å². The zero-order chi connectivity index (χ0) is 23.3. The maximum absolute atomic E-state index is 12.6. The Hall–Kier alpha value is -2.71. The fraction of sp³-hybridized carbons (Fsp3) is 0.560. The summed E-state index contributed by atoms with van der Waals surface area (Å²) >= 11 is 0. The first-order valence-corrected chi connectivity index (χ1v) is 11.8. The smallest absolute Gasteiger partial charge is 0.280 e. The van der Waals surface area contributed by atoms with Crippen LogP contribution < -0.4 is 5.32 Å². The summed E-state index contributed by atoms with van der Waals surface area (Å²) in [5.41, 5.74) is 1.88. The number of likely N-dealkylation sites (tertiary alicyclic amines) is 1. The van der Waals surface area contributed by atoms with Gasteiger partial charge >= 0.3 is 0 Å². The van der Waals surface area contributed by atoms with Crippen LogP contribution in [0, 0.1) is 12.8 Å². The van der Waals surface area contributed by atoms with Gasteiger partial charge in [-0.2, -0.15) is 0 Å². The molecule has 3 heterocycles. The Morgan fingerprint density at radius 2 is 1.82 bits per heavy atom. The Balaban J connectivity index is 1.22. The van der Waals surface area contributed by atoms with Crippen LogP contribution in [0.5, 0.6) is 0 Å². The molecule has 2 saturated heterocycles. The Morgan fingerprint density at radius 3 is 2.52 bits per heavy atom. The summed E-state index contributed by atoms with van der Waals surface area (Å²) in [5.74, 6) is -0.249. The van der Waals surface area contributed by atoms with E-state index in [-0.39, 0.29) is 18.4 Å². The minimum atomic E-state index is -1.37. The predicted octanol–water partition coefficient (Wildman–Crippen LogP) is 3.09. The highest BCUT2D eigenvalue weighted by Gasteiger charge is 2.40. The van der Waals surface area contributed by atoms with Gasteiger partial charge in [-0.1, -0.05) is 18.2 Å². The van der Waals surface area contributed by atoms with E-state index < -0.39 is 11.7 Å². The van der Waals surface area contributed by atoms with E-state index in [0.717, 1.165) is 62.2 Å². The second-order valence-corrected chi connectivity index (χ2v) is 8.98. The van der Waals surface area contributed by atoms with Crippen molar-refractivity contribution in [1.82, 2.24) is 15.2 Å². The summed E-state index contributed by atoms with van der Waals surface area (Å²) < 4.78 is 17.5. The van der Waals surface area contributed by atoms with Crippen molar-refractivity contribution in [2.45, 2.75) is 51.7 Å². The van der Waals surface area contributed by atoms with Gasteiger partial charge in [0, 0.05) is 24.6 Å². The average Bonchev–Trinajstić information content (AvgIpc) is 3.23. The monoisotopic (exact) mass is 455 g/mol. The molecule has 1 aromatic carbocycles. The molecule has 0 bridgehead atoms. The fourth-order valence-electron chi connectivity index (χ4n) is 4.22. The van der Waals surface area contributed by atoms with E-state index in [1.807, 2.05) is 37.3 Å². The maximum atomic E-state index is 12.6. The lowest BCUT2D eigenvalue weighted by Gasteiger charge is -2.36. The highest BCUT2D eigenvalue weighted by atomic mass is 16.7. The molecular formula is C25H33N3O5. The van der Waals surface area contributed by atoms with E-state index in [1.165, 1.54) is 0 Å². The minimum absolute atomic E-state index is 0.0280. The van der Waals surface area contributed by atoms with Gasteiger partial charge in [0.2, 0.25) is 17.6 Å². The van der Waals surface area contributed by atoms with Gasteiger partial charge in [-0.25, -0.2) is 4.98 Å². The first-order chi connectivity index (χ1) is 15.9. The van der Waals surface area contributed by atoms with Gasteiger partial charge in [-0.15, -0.1) is 0 Å². The molecule has 2 aliphatic rings. The van der Waals surface area contributed by atoms with Crippen molar-refractivity contribution >= 4 is 11.8 Å². The van der Waals surface area contributed by atoms with Crippen molar-refractivity contribution in [3.63, 3.8) is 0 Å². The van der Waals surface area contributed by atoms with Crippen molar-refractivity contribution in [2.24, 2.45) is 5.92 Å². The van der Waals surface area contributed by atoms with E-state index >= 15 is 0 Å². The molecule has 2 amide bonds. The van der Waals surface area contributed by atoms with Gasteiger partial charge in [0.05, 0.1) is 25.5 Å². The fourth-order valence-corrected chi connectivity index (χ4v) is 4.22. The van der Waals surface area contributed by atoms with Crippen LogP contribution in [-0.2, 0) is 25.5 Å². The number of ether oxygens (including phenoxy) is 2. The summed E-state index contributed by atoms with van der Waals surface area (Å²) in [5, 5.41) is 2.69. The third kappa shape index (κ3) is 5.81. The molecule has 1 N–H and O–H groups in total. The van der Waals surface area contributed by atoms with Crippen molar-refractivity contribution in [2.75, 3.05) is 32.8 Å². The van der Waals surface area contributed by atoms with Crippen LogP contribution in [0.1, 0.15) is 44.1 Å². The number of oxazole rings is 1. The normalized spacial score (nSPS) is 23.3. The molecule has 0 spiro atoms. The van der Waals surface area contributed by atoms with Crippen molar-refractivity contribution in [1.29, 1.82) is 0 Å². The van der Waals surface area contributed by atoms with Gasteiger partial charge in [0.25, 0.3) is 5.91 Å². The third-order valence-corrected chi connectivity index (χ3v) is 6.41. The number of hydrogen-bond donors (Lipinski definition) is 1. The van der Waals surface area contributed by atoms with Crippen LogP contribution in [0.25, 0.3) is 11.5 Å². The highest BCUT2D eigenvalue weighted by molar-refractivity contribution is 5.88. The van der Waals surface area contributed by atoms with Gasteiger partial charge in [0.1, 0.15) is 5.76 Å². The Labute approximate surface area is 194 Å². The van der Waals surface area contributed by atoms with E-state index in [2.05, 4.69) is 10.3 Å². The Morgan fingerprint density at radius 1 is 1.12 bits per heavy atom. The Kier molecular flexibility index (Phi) is 7.45. The topological polar surface area (TPSA) is 93.9 Å². The molecule has 33 heavy (non-hydrogen) atoms. The lowest BCUT2D eigenvalue weighted by atomic mass is 10.0. The second-order valence-electron chi connectivity index (χ2n) is 8.98. The molecule has 8 nitrogen and oxygen atoms in total. The quantitative estimate of drug-likeness (QED) is 0.690. The van der Waals surface area contributed by atoms with Crippen molar-refractivity contribution in [3.05, 3.63) is 41.8 Å². The summed E-state index contributed by atoms with van der Waals surface area (Å²) in [6, 6.07) is 9.83. The molecule has 0 atom stereocenters. The number of nitrogens with one attached hydrogen (secondary N) is 1. The molecule has 4 rings (SSSR count). The summed E-state index contributed by atoms with van der Waals surface area (Å²) in [6.07, 6.45) is 4.75. The van der Waals surface area contributed by atoms with Crippen LogP contribution in [0.3, 0.4) is 0 Å². The number of carbonyl (C=O) groups excluding carboxylic acids is 2. The molecule has 0 aliphatic carbocycles. The largest absolute Gasteiger partial charge is 0.441 e. The molecule has 8 heteroatoms. The van der Waals surface area contributed by atoms with Crippen LogP contribution in [0.2, 0.25) is 0 Å². The zero-order valence-electron chi connectivity index (χ0n) is 19.5. The number of amides is 2. The summed E-state index contributed by atoms with van der Waals surface area (Å²) in [7, 11) is 0. The van der Waals surface area contributed by atoms with E-state index in [1.54, 1.807) is 11.8 Å². The molecule has 0 radical (unpaired) electrons. The molecule has 178 valence electrons. The van der Waals surface area contributed by atoms with Gasteiger partial charge in [0.15, 0.2) is 0 Å². The first-order valence-electron chi connectivity index (χ1n) is 11.8. The minimum Gasteiger partial charge on any atom is -0.441 e. The standard InChI is InChI=1S/C25H33N3O5/c1-18-21(27-23(33-18)20-9-5-3-6-10-20)12-11-19-16-31-25(2,32-17-19)24(30)26-15-22(29)28-13-7-4-8-14-28/h3,5-6,9-10,19H,4,7-8,11-17H2,1-2H3,(H,26,30). The average molecular weight is 456 g/mol. The summed E-state index contributed by atoms with van der Waals surface area (Å²) in [4.78, 5) is 31.4. The van der Waals surface area contributed by atoms with Crippen LogP contribution in [0.4, 0.5) is 0 Å². The van der Waals surface area contributed by atoms with Gasteiger partial charge < -0.3 is 24.1 Å². The number of aryl methyl sites for hydroxylation is 2. The lowest BCUT2D eigenvalue weighted by molar-refractivity contribution is -0.260. The number of carbonyl (C=O) groups is 2. The van der Waals surface area contributed by atoms with Crippen molar-refractivity contribution < 1.29 is 23.5 Å². The lowest BCUT2D eigenvalue weighted by Crippen LogP contribution is -2.55. The molecule has 0 unspecified atom stereocenters. The Bertz CT molecular complexity index is 944. The number of piperidine rings is 1. The number of hydrogen-bond acceptors (Lipinski definition) is 6. The van der Waals surface area contributed by atoms with E-state index in [0.29, 0.717) is 19.1 Å². The predicted molar refractivity (Wildman–Crippen MR) is 122 cm³/mol. The van der Waals surface area contributed by atoms with E-state index in [4.69, 9.17) is 13.9 Å². The molecule has 2 aliphatic heterocycles. The van der Waals surface area contributed by atoms with Gasteiger partial charge in [-0.05, 0) is 58.1 Å². The first kappa shape index (κ1) is 23.4. The van der Waals surface area contributed by atoms with Crippen molar-refractivity contribution in [3.8, 4) is 11.5 Å². The van der Waals surface area contributed by atoms with E-state index in [9.17, 15) is 9.59 Å². The molecule has 2 fully saturated rings. The van der Waals surface area contributed by atoms with Gasteiger partial charge in [-0.3, -0.25) is 9.59 Å². The number of benzene rings is 1. The second kappa shape index (κ2) is 10.5. The van der Waals surface area contributed by atoms with Crippen LogP contribution in [0.15, 0.2) is 34.7 Å². The van der Waals surface area contributed by atoms with Crippen LogP contribution in [-0.4, -0.2) is 60.3 Å². The maximum Gasteiger partial charge on any atom is 0.280 e. The number of aromatic nitrogens is 1.